The Balaban J connectivity index is 1.81. The first-order valence-electron chi connectivity index (χ1n) is 5.69. The standard InChI is InChI=1S/C13H16O3/c1-13(2)6-9-4-3-5-11(12(9)16-13)15-8-10-7-14-10/h3-5,10H,6-8H2,1-2H3/t10-/m0/s1. The van der Waals surface area contributed by atoms with Gasteiger partial charge in [0.15, 0.2) is 11.5 Å². The van der Waals surface area contributed by atoms with Crippen LogP contribution in [0.5, 0.6) is 11.5 Å². The molecule has 0 unspecified atom stereocenters. The first kappa shape index (κ1) is 9.97. The summed E-state index contributed by atoms with van der Waals surface area (Å²) in [6.45, 7) is 5.64. The van der Waals surface area contributed by atoms with Crippen molar-refractivity contribution in [2.45, 2.75) is 32.0 Å². The lowest BCUT2D eigenvalue weighted by molar-refractivity contribution is 0.131. The summed E-state index contributed by atoms with van der Waals surface area (Å²) in [6, 6.07) is 6.08. The maximum atomic E-state index is 5.91. The lowest BCUT2D eigenvalue weighted by atomic mass is 10.0. The predicted molar refractivity (Wildman–Crippen MR) is 60.1 cm³/mol. The van der Waals surface area contributed by atoms with Crippen LogP contribution < -0.4 is 9.47 Å². The van der Waals surface area contributed by atoms with Crippen molar-refractivity contribution in [3.8, 4) is 11.5 Å². The maximum Gasteiger partial charge on any atom is 0.165 e. The summed E-state index contributed by atoms with van der Waals surface area (Å²) < 4.78 is 16.8. The normalized spacial score (nSPS) is 24.8. The minimum Gasteiger partial charge on any atom is -0.487 e. The Labute approximate surface area is 95.3 Å². The maximum absolute atomic E-state index is 5.91. The van der Waals surface area contributed by atoms with E-state index in [1.807, 2.05) is 12.1 Å². The summed E-state index contributed by atoms with van der Waals surface area (Å²) in [5.74, 6) is 1.76. The number of ether oxygens (including phenoxy) is 3. The van der Waals surface area contributed by atoms with E-state index in [1.165, 1.54) is 5.56 Å². The summed E-state index contributed by atoms with van der Waals surface area (Å²) >= 11 is 0. The van der Waals surface area contributed by atoms with Crippen molar-refractivity contribution < 1.29 is 14.2 Å². The van der Waals surface area contributed by atoms with Crippen LogP contribution in [0.2, 0.25) is 0 Å². The molecule has 0 amide bonds. The highest BCUT2D eigenvalue weighted by atomic mass is 16.6. The molecule has 0 aliphatic carbocycles. The Morgan fingerprint density at radius 3 is 3.00 bits per heavy atom. The number of benzene rings is 1. The molecule has 1 atom stereocenters. The van der Waals surface area contributed by atoms with Crippen LogP contribution in [0.4, 0.5) is 0 Å². The van der Waals surface area contributed by atoms with Gasteiger partial charge in [0.2, 0.25) is 0 Å². The summed E-state index contributed by atoms with van der Waals surface area (Å²) in [7, 11) is 0. The van der Waals surface area contributed by atoms with Gasteiger partial charge in [-0.2, -0.15) is 0 Å². The van der Waals surface area contributed by atoms with Gasteiger partial charge in [0, 0.05) is 12.0 Å². The van der Waals surface area contributed by atoms with E-state index in [2.05, 4.69) is 19.9 Å². The highest BCUT2D eigenvalue weighted by Crippen LogP contribution is 2.41. The zero-order valence-corrected chi connectivity index (χ0v) is 9.66. The van der Waals surface area contributed by atoms with Gasteiger partial charge >= 0.3 is 0 Å². The Bertz CT molecular complexity index is 408. The van der Waals surface area contributed by atoms with Crippen LogP contribution in [0.15, 0.2) is 18.2 Å². The molecule has 2 aliphatic rings. The quantitative estimate of drug-likeness (QED) is 0.731. The lowest BCUT2D eigenvalue weighted by Crippen LogP contribution is -2.24. The van der Waals surface area contributed by atoms with Crippen LogP contribution in [0.25, 0.3) is 0 Å². The second-order valence-electron chi connectivity index (χ2n) is 5.05. The third kappa shape index (κ3) is 1.87. The molecule has 0 spiro atoms. The van der Waals surface area contributed by atoms with Crippen molar-refractivity contribution in [1.29, 1.82) is 0 Å². The molecule has 0 bridgehead atoms. The molecule has 2 heterocycles. The van der Waals surface area contributed by atoms with Crippen LogP contribution in [0.1, 0.15) is 19.4 Å². The number of rotatable bonds is 3. The molecule has 0 N–H and O–H groups in total. The van der Waals surface area contributed by atoms with Crippen molar-refractivity contribution in [3.63, 3.8) is 0 Å². The van der Waals surface area contributed by atoms with Crippen LogP contribution in [-0.4, -0.2) is 24.9 Å². The molecule has 1 aromatic rings. The monoisotopic (exact) mass is 220 g/mol. The van der Waals surface area contributed by atoms with E-state index in [0.717, 1.165) is 24.5 Å². The number of para-hydroxylation sites is 1. The average molecular weight is 220 g/mol. The number of hydrogen-bond acceptors (Lipinski definition) is 3. The highest BCUT2D eigenvalue weighted by molar-refractivity contribution is 5.50. The van der Waals surface area contributed by atoms with Gasteiger partial charge in [-0.3, -0.25) is 0 Å². The van der Waals surface area contributed by atoms with Gasteiger partial charge in [-0.15, -0.1) is 0 Å². The molecular weight excluding hydrogens is 204 g/mol. The zero-order valence-electron chi connectivity index (χ0n) is 9.66. The summed E-state index contributed by atoms with van der Waals surface area (Å²) in [4.78, 5) is 0. The van der Waals surface area contributed by atoms with E-state index >= 15 is 0 Å². The Kier molecular flexibility index (Phi) is 2.11. The molecule has 1 aromatic carbocycles. The zero-order chi connectivity index (χ0) is 11.2. The second kappa shape index (κ2) is 3.39. The topological polar surface area (TPSA) is 31.0 Å². The predicted octanol–water partition coefficient (Wildman–Crippen LogP) is 2.18. The Morgan fingerprint density at radius 1 is 1.44 bits per heavy atom. The number of hydrogen-bond donors (Lipinski definition) is 0. The Hall–Kier alpha value is -1.22. The fourth-order valence-corrected chi connectivity index (χ4v) is 2.05. The van der Waals surface area contributed by atoms with Gasteiger partial charge in [0.05, 0.1) is 6.61 Å². The van der Waals surface area contributed by atoms with Gasteiger partial charge in [0.1, 0.15) is 18.3 Å². The highest BCUT2D eigenvalue weighted by Gasteiger charge is 2.32. The lowest BCUT2D eigenvalue weighted by Gasteiger charge is -2.18. The third-order valence-electron chi connectivity index (χ3n) is 2.88. The van der Waals surface area contributed by atoms with E-state index in [9.17, 15) is 0 Å². The van der Waals surface area contributed by atoms with Crippen molar-refractivity contribution in [1.82, 2.24) is 0 Å². The molecule has 3 rings (SSSR count). The van der Waals surface area contributed by atoms with Crippen molar-refractivity contribution in [3.05, 3.63) is 23.8 Å². The molecule has 0 aromatic heterocycles. The molecule has 16 heavy (non-hydrogen) atoms. The van der Waals surface area contributed by atoms with Crippen LogP contribution in [-0.2, 0) is 11.2 Å². The van der Waals surface area contributed by atoms with Gasteiger partial charge in [-0.25, -0.2) is 0 Å². The van der Waals surface area contributed by atoms with Crippen LogP contribution in [0, 0.1) is 0 Å². The van der Waals surface area contributed by atoms with E-state index in [1.54, 1.807) is 0 Å². The van der Waals surface area contributed by atoms with Crippen LogP contribution in [0.3, 0.4) is 0 Å². The minimum atomic E-state index is -0.113. The van der Waals surface area contributed by atoms with E-state index in [0.29, 0.717) is 6.61 Å². The van der Waals surface area contributed by atoms with E-state index in [-0.39, 0.29) is 11.7 Å². The Morgan fingerprint density at radius 2 is 2.25 bits per heavy atom. The molecule has 0 radical (unpaired) electrons. The second-order valence-corrected chi connectivity index (χ2v) is 5.05. The number of epoxide rings is 1. The van der Waals surface area contributed by atoms with Crippen LogP contribution >= 0.6 is 0 Å². The average Bonchev–Trinajstić information content (AvgIpc) is 2.96. The van der Waals surface area contributed by atoms with Crippen molar-refractivity contribution in [2.24, 2.45) is 0 Å². The smallest absolute Gasteiger partial charge is 0.165 e. The summed E-state index contributed by atoms with van der Waals surface area (Å²) in [6.07, 6.45) is 1.23. The first-order chi connectivity index (χ1) is 7.64. The third-order valence-corrected chi connectivity index (χ3v) is 2.88. The minimum absolute atomic E-state index is 0.113. The van der Waals surface area contributed by atoms with Gasteiger partial charge in [-0.1, -0.05) is 12.1 Å². The molecule has 3 nitrogen and oxygen atoms in total. The largest absolute Gasteiger partial charge is 0.487 e. The molecule has 86 valence electrons. The van der Waals surface area contributed by atoms with Gasteiger partial charge in [-0.05, 0) is 19.9 Å². The van der Waals surface area contributed by atoms with Crippen molar-refractivity contribution in [2.75, 3.05) is 13.2 Å². The van der Waals surface area contributed by atoms with E-state index < -0.39 is 0 Å². The van der Waals surface area contributed by atoms with Crippen molar-refractivity contribution >= 4 is 0 Å². The molecular formula is C13H16O3. The fourth-order valence-electron chi connectivity index (χ4n) is 2.05. The summed E-state index contributed by atoms with van der Waals surface area (Å²) in [5.41, 5.74) is 1.12. The molecule has 1 fully saturated rings. The molecule has 3 heteroatoms. The SMILES string of the molecule is CC1(C)Cc2cccc(OC[C@@H]3CO3)c2O1. The van der Waals surface area contributed by atoms with E-state index in [4.69, 9.17) is 14.2 Å². The van der Waals surface area contributed by atoms with Gasteiger partial charge in [0.25, 0.3) is 0 Å². The molecule has 0 saturated carbocycles. The fraction of sp³-hybridized carbons (Fsp3) is 0.538. The van der Waals surface area contributed by atoms with Gasteiger partial charge < -0.3 is 14.2 Å². The molecule has 2 aliphatic heterocycles. The number of fused-ring (bicyclic) bond motifs is 1. The summed E-state index contributed by atoms with van der Waals surface area (Å²) in [5, 5.41) is 0. The first-order valence-corrected chi connectivity index (χ1v) is 5.69. The molecule has 1 saturated heterocycles.